The summed E-state index contributed by atoms with van der Waals surface area (Å²) in [5, 5.41) is 0. The summed E-state index contributed by atoms with van der Waals surface area (Å²) in [5.41, 5.74) is 0. The van der Waals surface area contributed by atoms with Crippen molar-refractivity contribution in [2.45, 2.75) is 119 Å². The van der Waals surface area contributed by atoms with Crippen LogP contribution in [0.15, 0.2) is 0 Å². The second-order valence-corrected chi connectivity index (χ2v) is 10.0. The van der Waals surface area contributed by atoms with Crippen LogP contribution >= 0.6 is 0 Å². The maximum atomic E-state index is 13.8. The van der Waals surface area contributed by atoms with Gasteiger partial charge in [0.15, 0.2) is 0 Å². The average Bonchev–Trinajstić information content (AvgIpc) is 2.41. The first-order valence-corrected chi connectivity index (χ1v) is 10.7. The number of alkyl halides is 19. The molecule has 0 aliphatic heterocycles. The van der Waals surface area contributed by atoms with Crippen molar-refractivity contribution in [1.29, 1.82) is 0 Å². The van der Waals surface area contributed by atoms with E-state index in [1.807, 2.05) is 0 Å². The molecule has 0 nitrogen and oxygen atoms in total. The molecule has 0 aromatic heterocycles. The maximum Gasteiger partial charge on any atom is 0.453 e. The highest BCUT2D eigenvalue weighted by Gasteiger charge is 2.64. The second kappa shape index (κ2) is 11.5. The van der Waals surface area contributed by atoms with Gasteiger partial charge in [0.05, 0.1) is 44.9 Å². The molecule has 0 spiro atoms. The fourth-order valence-corrected chi connectivity index (χ4v) is 3.74. The van der Waals surface area contributed by atoms with Gasteiger partial charge < -0.3 is 0 Å². The lowest BCUT2D eigenvalue weighted by atomic mass is 9.92. The van der Waals surface area contributed by atoms with E-state index in [0.29, 0.717) is 0 Å². The first-order chi connectivity index (χ1) is 16.6. The summed E-state index contributed by atoms with van der Waals surface area (Å²) in [5.74, 6) is -44.0. The first-order valence-electron chi connectivity index (χ1n) is 10.7. The molecule has 0 aromatic rings. The van der Waals surface area contributed by atoms with Crippen molar-refractivity contribution in [1.82, 2.24) is 0 Å². The van der Waals surface area contributed by atoms with Crippen molar-refractivity contribution in [2.75, 3.05) is 0 Å². The quantitative estimate of drug-likeness (QED) is 0.150. The van der Waals surface area contributed by atoms with Crippen molar-refractivity contribution < 1.29 is 83.4 Å². The van der Waals surface area contributed by atoms with Gasteiger partial charge in [0.1, 0.15) is 0 Å². The van der Waals surface area contributed by atoms with Gasteiger partial charge >= 0.3 is 12.1 Å². The lowest BCUT2D eigenvalue weighted by molar-refractivity contribution is -0.304. The highest BCUT2D eigenvalue weighted by Crippen LogP contribution is 2.50. The third kappa shape index (κ3) is 14.7. The van der Waals surface area contributed by atoms with Crippen molar-refractivity contribution in [2.24, 2.45) is 5.92 Å². The molecule has 19 heteroatoms. The van der Waals surface area contributed by atoms with Crippen LogP contribution in [-0.4, -0.2) is 53.6 Å². The summed E-state index contributed by atoms with van der Waals surface area (Å²) in [6.07, 6.45) is -30.2. The molecule has 0 aliphatic rings. The predicted octanol–water partition coefficient (Wildman–Crippen LogP) is 10.4. The summed E-state index contributed by atoms with van der Waals surface area (Å²) in [6, 6.07) is 0. The molecule has 0 aliphatic carbocycles. The Morgan fingerprint density at radius 1 is 0.333 bits per heavy atom. The van der Waals surface area contributed by atoms with Gasteiger partial charge in [-0.25, -0.2) is 61.5 Å². The normalized spacial score (nSPS) is 15.8. The van der Waals surface area contributed by atoms with Crippen LogP contribution in [0.4, 0.5) is 83.4 Å². The molecule has 0 bridgehead atoms. The molecule has 0 saturated heterocycles. The summed E-state index contributed by atoms with van der Waals surface area (Å²) >= 11 is 0. The molecule has 0 heterocycles. The topological polar surface area (TPSA) is 0 Å². The number of hydrogen-bond acceptors (Lipinski definition) is 0. The summed E-state index contributed by atoms with van der Waals surface area (Å²) in [6.45, 7) is 2.31. The van der Waals surface area contributed by atoms with E-state index < -0.39 is 111 Å². The molecule has 0 atom stereocenters. The smallest absolute Gasteiger partial charge is 0.207 e. The van der Waals surface area contributed by atoms with Crippen LogP contribution in [0.2, 0.25) is 0 Å². The van der Waals surface area contributed by atoms with E-state index in [4.69, 9.17) is 0 Å². The van der Waals surface area contributed by atoms with E-state index in [1.165, 1.54) is 0 Å². The van der Waals surface area contributed by atoms with Crippen molar-refractivity contribution in [3.05, 3.63) is 0 Å². The molecule has 0 rings (SSSR count). The van der Waals surface area contributed by atoms with Crippen molar-refractivity contribution in [3.8, 4) is 0 Å². The minimum Gasteiger partial charge on any atom is -0.207 e. The zero-order valence-corrected chi connectivity index (χ0v) is 19.9. The van der Waals surface area contributed by atoms with Crippen LogP contribution < -0.4 is 0 Å². The Labute approximate surface area is 209 Å². The van der Waals surface area contributed by atoms with Crippen LogP contribution in [0.5, 0.6) is 0 Å². The molecule has 0 saturated carbocycles. The van der Waals surface area contributed by atoms with Gasteiger partial charge in [-0.3, -0.25) is 0 Å². The van der Waals surface area contributed by atoms with Crippen LogP contribution in [0.25, 0.3) is 0 Å². The molecule has 0 aromatic carbocycles. The molecular formula is C20H23F19. The minimum absolute atomic E-state index is 0.901. The van der Waals surface area contributed by atoms with E-state index in [0.717, 1.165) is 13.8 Å². The molecular weight excluding hydrogens is 601 g/mol. The largest absolute Gasteiger partial charge is 0.453 e. The molecule has 0 fully saturated rings. The summed E-state index contributed by atoms with van der Waals surface area (Å²) in [4.78, 5) is 0. The highest BCUT2D eigenvalue weighted by molar-refractivity contribution is 4.92. The van der Waals surface area contributed by atoms with Gasteiger partial charge in [0.2, 0.25) is 0 Å². The number of hydrogen-bond donors (Lipinski definition) is 0. The Hall–Kier alpha value is -1.33. The third-order valence-corrected chi connectivity index (χ3v) is 4.71. The van der Waals surface area contributed by atoms with Gasteiger partial charge in [-0.2, -0.15) is 22.0 Å². The number of halogens is 19. The molecule has 0 amide bonds. The van der Waals surface area contributed by atoms with Gasteiger partial charge in [-0.05, 0) is 5.92 Å². The Morgan fingerprint density at radius 2 is 0.538 bits per heavy atom. The molecule has 236 valence electrons. The van der Waals surface area contributed by atoms with Gasteiger partial charge in [-0.1, -0.05) is 13.8 Å². The van der Waals surface area contributed by atoms with E-state index in [2.05, 4.69) is 0 Å². The monoisotopic (exact) mass is 624 g/mol. The van der Waals surface area contributed by atoms with Crippen LogP contribution in [0.3, 0.4) is 0 Å². The second-order valence-electron chi connectivity index (χ2n) is 10.0. The first kappa shape index (κ1) is 37.7. The molecule has 0 radical (unpaired) electrons. The lowest BCUT2D eigenvalue weighted by Crippen LogP contribution is -2.45. The van der Waals surface area contributed by atoms with Crippen molar-refractivity contribution >= 4 is 0 Å². The van der Waals surface area contributed by atoms with E-state index in [9.17, 15) is 83.4 Å². The Kier molecular flexibility index (Phi) is 11.1. The fourth-order valence-electron chi connectivity index (χ4n) is 3.74. The lowest BCUT2D eigenvalue weighted by Gasteiger charge is -2.32. The van der Waals surface area contributed by atoms with Crippen LogP contribution in [0, 0.1) is 5.92 Å². The third-order valence-electron chi connectivity index (χ3n) is 4.71. The van der Waals surface area contributed by atoms with Gasteiger partial charge in [-0.15, -0.1) is 0 Å². The Balaban J connectivity index is 5.43. The standard InChI is InChI=1S/C20H23F19/c1-11(2)3-12(21,22)4-13(23,24)5-14(25,26)6-15(27,28)7-16(29,30)8-17(31,32)9-18(33,34)10-19(35,36)20(37,38)39/h11H,3-10H2,1-2H3. The van der Waals surface area contributed by atoms with Crippen molar-refractivity contribution in [3.63, 3.8) is 0 Å². The Morgan fingerprint density at radius 3 is 0.744 bits per heavy atom. The zero-order valence-electron chi connectivity index (χ0n) is 19.9. The van der Waals surface area contributed by atoms with Gasteiger partial charge in [0.25, 0.3) is 41.5 Å². The molecule has 0 unspecified atom stereocenters. The maximum absolute atomic E-state index is 13.8. The summed E-state index contributed by atoms with van der Waals surface area (Å²) < 4.78 is 253. The van der Waals surface area contributed by atoms with Crippen LogP contribution in [0.1, 0.15) is 65.2 Å². The molecule has 39 heavy (non-hydrogen) atoms. The predicted molar refractivity (Wildman–Crippen MR) is 97.4 cm³/mol. The fraction of sp³-hybridized carbons (Fsp3) is 1.00. The van der Waals surface area contributed by atoms with Crippen LogP contribution in [-0.2, 0) is 0 Å². The zero-order chi connectivity index (χ0) is 31.7. The van der Waals surface area contributed by atoms with E-state index in [1.54, 1.807) is 0 Å². The van der Waals surface area contributed by atoms with E-state index >= 15 is 0 Å². The highest BCUT2D eigenvalue weighted by atomic mass is 19.4. The average molecular weight is 624 g/mol. The Bertz CT molecular complexity index is 778. The van der Waals surface area contributed by atoms with E-state index in [-0.39, 0.29) is 0 Å². The summed E-state index contributed by atoms with van der Waals surface area (Å²) in [7, 11) is 0. The van der Waals surface area contributed by atoms with Gasteiger partial charge in [0, 0.05) is 6.42 Å². The minimum atomic E-state index is -6.65. The number of rotatable bonds is 16. The molecule has 0 N–H and O–H groups in total. The SMILES string of the molecule is CC(C)CC(F)(F)CC(F)(F)CC(F)(F)CC(F)(F)CC(F)(F)CC(F)(F)CC(F)(F)CC(F)(F)C(F)(F)F.